The Morgan fingerprint density at radius 1 is 1.33 bits per heavy atom. The quantitative estimate of drug-likeness (QED) is 0.717. The molecule has 0 aliphatic carbocycles. The molecule has 18 heavy (non-hydrogen) atoms. The van der Waals surface area contributed by atoms with Crippen LogP contribution < -0.4 is 4.74 Å². The third-order valence-electron chi connectivity index (χ3n) is 2.96. The average molecular weight is 274 g/mol. The maximum atomic E-state index is 10.9. The molecule has 1 aromatic carbocycles. The summed E-state index contributed by atoms with van der Waals surface area (Å²) < 4.78 is 16.0. The van der Waals surface area contributed by atoms with Gasteiger partial charge in [0.1, 0.15) is 11.5 Å². The molecule has 0 fully saturated rings. The van der Waals surface area contributed by atoms with Gasteiger partial charge in [-0.2, -0.15) is 0 Å². The van der Waals surface area contributed by atoms with Gasteiger partial charge in [-0.25, -0.2) is 0 Å². The Balaban J connectivity index is 2.99. The number of ether oxygens (including phenoxy) is 1. The van der Waals surface area contributed by atoms with Crippen LogP contribution in [0, 0.1) is 0 Å². The minimum Gasteiger partial charge on any atom is -0.508 e. The zero-order valence-electron chi connectivity index (χ0n) is 10.8. The fraction of sp³-hybridized carbons (Fsp3) is 0.500. The fourth-order valence-corrected chi connectivity index (χ4v) is 2.59. The van der Waals surface area contributed by atoms with Gasteiger partial charge in [-0.05, 0) is 30.0 Å². The molecule has 0 amide bonds. The van der Waals surface area contributed by atoms with Crippen molar-refractivity contribution in [3.8, 4) is 11.5 Å². The zero-order chi connectivity index (χ0) is 14.0. The smallest absolute Gasteiger partial charge is 0.325 e. The molecule has 0 aliphatic heterocycles. The molecule has 0 radical (unpaired) electrons. The van der Waals surface area contributed by atoms with Gasteiger partial charge in [0.15, 0.2) is 0 Å². The molecule has 0 atom stereocenters. The highest BCUT2D eigenvalue weighted by Gasteiger charge is 2.27. The summed E-state index contributed by atoms with van der Waals surface area (Å²) in [6.07, 6.45) is 0.0641. The zero-order valence-corrected chi connectivity index (χ0v) is 11.6. The van der Waals surface area contributed by atoms with Crippen LogP contribution in [0.15, 0.2) is 18.2 Å². The summed E-state index contributed by atoms with van der Waals surface area (Å²) in [5, 5.41) is 9.85. The maximum absolute atomic E-state index is 10.9. The van der Waals surface area contributed by atoms with Crippen molar-refractivity contribution in [2.75, 3.05) is 13.3 Å². The third kappa shape index (κ3) is 4.02. The minimum atomic E-state index is -4.03. The molecule has 102 valence electrons. The number of phenolic OH excluding ortho intramolecular Hbond substituents is 1. The van der Waals surface area contributed by atoms with Gasteiger partial charge >= 0.3 is 7.60 Å². The molecule has 0 bridgehead atoms. The lowest BCUT2D eigenvalue weighted by molar-refractivity contribution is 0.359. The van der Waals surface area contributed by atoms with Gasteiger partial charge in [-0.15, -0.1) is 0 Å². The third-order valence-corrected chi connectivity index (χ3v) is 3.77. The second kappa shape index (κ2) is 5.31. The Hall–Kier alpha value is -1.03. The highest BCUT2D eigenvalue weighted by atomic mass is 31.2. The highest BCUT2D eigenvalue weighted by molar-refractivity contribution is 7.51. The van der Waals surface area contributed by atoms with E-state index < -0.39 is 13.0 Å². The van der Waals surface area contributed by atoms with Gasteiger partial charge in [0.2, 0.25) is 0 Å². The van der Waals surface area contributed by atoms with Crippen molar-refractivity contribution in [2.45, 2.75) is 25.7 Å². The largest absolute Gasteiger partial charge is 0.508 e. The first-order valence-electron chi connectivity index (χ1n) is 5.58. The van der Waals surface area contributed by atoms with Crippen molar-refractivity contribution in [1.29, 1.82) is 0 Å². The Morgan fingerprint density at radius 3 is 2.44 bits per heavy atom. The summed E-state index contributed by atoms with van der Waals surface area (Å²) in [5.74, 6) is 0.707. The minimum absolute atomic E-state index is 0.103. The summed E-state index contributed by atoms with van der Waals surface area (Å²) in [4.78, 5) is 17.8. The number of hydrogen-bond donors (Lipinski definition) is 3. The van der Waals surface area contributed by atoms with E-state index in [0.717, 1.165) is 0 Å². The lowest BCUT2D eigenvalue weighted by atomic mass is 9.81. The molecule has 0 saturated heterocycles. The topological polar surface area (TPSA) is 87.0 Å². The fourth-order valence-electron chi connectivity index (χ4n) is 1.74. The first-order chi connectivity index (χ1) is 8.15. The van der Waals surface area contributed by atoms with Crippen molar-refractivity contribution >= 4 is 7.60 Å². The maximum Gasteiger partial charge on any atom is 0.325 e. The Morgan fingerprint density at radius 2 is 1.94 bits per heavy atom. The molecular weight excluding hydrogens is 255 g/mol. The van der Waals surface area contributed by atoms with E-state index in [1.165, 1.54) is 13.2 Å². The molecule has 0 aliphatic rings. The van der Waals surface area contributed by atoms with Crippen molar-refractivity contribution in [1.82, 2.24) is 0 Å². The highest BCUT2D eigenvalue weighted by Crippen LogP contribution is 2.42. The first-order valence-corrected chi connectivity index (χ1v) is 7.37. The number of rotatable bonds is 5. The molecule has 0 aromatic heterocycles. The van der Waals surface area contributed by atoms with Crippen LogP contribution in [0.2, 0.25) is 0 Å². The molecule has 0 saturated carbocycles. The van der Waals surface area contributed by atoms with Crippen LogP contribution >= 0.6 is 7.60 Å². The second-order valence-electron chi connectivity index (χ2n) is 4.91. The van der Waals surface area contributed by atoms with Gasteiger partial charge < -0.3 is 19.6 Å². The van der Waals surface area contributed by atoms with Gasteiger partial charge in [-0.3, -0.25) is 4.57 Å². The van der Waals surface area contributed by atoms with Crippen LogP contribution in [0.25, 0.3) is 0 Å². The second-order valence-corrected chi connectivity index (χ2v) is 6.68. The van der Waals surface area contributed by atoms with Gasteiger partial charge in [0.25, 0.3) is 0 Å². The van der Waals surface area contributed by atoms with Crippen LogP contribution in [0.5, 0.6) is 11.5 Å². The average Bonchev–Trinajstić information content (AvgIpc) is 2.26. The molecule has 5 nitrogen and oxygen atoms in total. The molecule has 6 heteroatoms. The molecular formula is C12H19O5P. The van der Waals surface area contributed by atoms with E-state index in [1.54, 1.807) is 12.1 Å². The van der Waals surface area contributed by atoms with Crippen molar-refractivity contribution in [3.63, 3.8) is 0 Å². The van der Waals surface area contributed by atoms with E-state index >= 15 is 0 Å². The monoisotopic (exact) mass is 274 g/mol. The Kier molecular flexibility index (Phi) is 4.43. The summed E-state index contributed by atoms with van der Waals surface area (Å²) >= 11 is 0. The number of hydrogen-bond acceptors (Lipinski definition) is 3. The summed E-state index contributed by atoms with van der Waals surface area (Å²) in [7, 11) is -2.50. The molecule has 0 unspecified atom stereocenters. The number of methoxy groups -OCH3 is 1. The molecule has 1 aromatic rings. The SMILES string of the molecule is COc1ccc(O)c(C(C)(C)CCP(=O)(O)O)c1. The van der Waals surface area contributed by atoms with Crippen molar-refractivity contribution in [2.24, 2.45) is 0 Å². The number of benzene rings is 1. The van der Waals surface area contributed by atoms with Crippen LogP contribution in [0.3, 0.4) is 0 Å². The molecule has 1 rings (SSSR count). The van der Waals surface area contributed by atoms with Gasteiger partial charge in [0.05, 0.1) is 13.3 Å². The van der Waals surface area contributed by atoms with E-state index in [1.807, 2.05) is 13.8 Å². The molecule has 0 spiro atoms. The molecule has 3 N–H and O–H groups in total. The van der Waals surface area contributed by atoms with Crippen LogP contribution in [0.1, 0.15) is 25.8 Å². The van der Waals surface area contributed by atoms with E-state index in [-0.39, 0.29) is 18.3 Å². The Bertz CT molecular complexity index is 464. The van der Waals surface area contributed by atoms with Crippen molar-refractivity contribution in [3.05, 3.63) is 23.8 Å². The first kappa shape index (κ1) is 15.0. The van der Waals surface area contributed by atoms with Crippen LogP contribution in [-0.2, 0) is 9.98 Å². The summed E-state index contributed by atoms with van der Waals surface area (Å²) in [5.41, 5.74) is 0.0787. The molecule has 0 heterocycles. The summed E-state index contributed by atoms with van der Waals surface area (Å²) in [6, 6.07) is 4.85. The van der Waals surface area contributed by atoms with Gasteiger partial charge in [-0.1, -0.05) is 13.8 Å². The van der Waals surface area contributed by atoms with Gasteiger partial charge in [0, 0.05) is 5.56 Å². The predicted molar refractivity (Wildman–Crippen MR) is 69.2 cm³/mol. The lowest BCUT2D eigenvalue weighted by Crippen LogP contribution is -2.19. The van der Waals surface area contributed by atoms with E-state index in [2.05, 4.69) is 0 Å². The van der Waals surface area contributed by atoms with E-state index in [4.69, 9.17) is 14.5 Å². The number of aromatic hydroxyl groups is 1. The van der Waals surface area contributed by atoms with Crippen LogP contribution in [-0.4, -0.2) is 28.2 Å². The summed E-state index contributed by atoms with van der Waals surface area (Å²) in [6.45, 7) is 3.66. The van der Waals surface area contributed by atoms with Crippen molar-refractivity contribution < 1.29 is 24.2 Å². The van der Waals surface area contributed by atoms with Crippen LogP contribution in [0.4, 0.5) is 0 Å². The van der Waals surface area contributed by atoms with E-state index in [9.17, 15) is 9.67 Å². The Labute approximate surface area is 107 Å². The predicted octanol–water partition coefficient (Wildman–Crippen LogP) is 2.25. The number of phenols is 1. The van der Waals surface area contributed by atoms with E-state index in [0.29, 0.717) is 11.3 Å². The normalized spacial score (nSPS) is 12.5. The lowest BCUT2D eigenvalue weighted by Gasteiger charge is -2.26. The standard InChI is InChI=1S/C12H19O5P/c1-12(2,6-7-18(14,15)16)10-8-9(17-3)4-5-11(10)13/h4-5,8,13H,6-7H2,1-3H3,(H2,14,15,16).